The molecule has 5 nitrogen and oxygen atoms in total. The Labute approximate surface area is 145 Å². The van der Waals surface area contributed by atoms with Gasteiger partial charge in [0.05, 0.1) is 17.5 Å². The number of carbonyl (C=O) groups excluding carboxylic acids is 1. The fourth-order valence-corrected chi connectivity index (χ4v) is 3.32. The fourth-order valence-electron chi connectivity index (χ4n) is 2.20. The van der Waals surface area contributed by atoms with Crippen molar-refractivity contribution in [1.29, 1.82) is 0 Å². The number of halogens is 2. The van der Waals surface area contributed by atoms with Crippen LogP contribution in [0.5, 0.6) is 0 Å². The lowest BCUT2D eigenvalue weighted by atomic mass is 10.1. The maximum absolute atomic E-state index is 12.9. The van der Waals surface area contributed by atoms with Crippen molar-refractivity contribution in [3.63, 3.8) is 0 Å². The summed E-state index contributed by atoms with van der Waals surface area (Å²) >= 11 is 0. The Morgan fingerprint density at radius 1 is 1.04 bits per heavy atom. The van der Waals surface area contributed by atoms with Gasteiger partial charge in [0.15, 0.2) is 0 Å². The van der Waals surface area contributed by atoms with Gasteiger partial charge in [-0.3, -0.25) is 4.79 Å². The maximum Gasteiger partial charge on any atom is 0.243 e. The summed E-state index contributed by atoms with van der Waals surface area (Å²) in [6.07, 6.45) is 0. The molecular weight excluding hydrogens is 350 g/mol. The fraction of sp³-hybridized carbons (Fsp3) is 0.235. The second kappa shape index (κ2) is 7.71. The van der Waals surface area contributed by atoms with Crippen molar-refractivity contribution in [3.8, 4) is 0 Å². The minimum atomic E-state index is -3.90. The van der Waals surface area contributed by atoms with Crippen molar-refractivity contribution in [2.24, 2.45) is 0 Å². The lowest BCUT2D eigenvalue weighted by Gasteiger charge is -2.19. The van der Waals surface area contributed by atoms with Crippen LogP contribution in [-0.4, -0.2) is 32.2 Å². The molecular formula is C17H18F2N2O3S. The van der Waals surface area contributed by atoms with E-state index in [1.54, 1.807) is 19.1 Å². The number of hydrogen-bond acceptors (Lipinski definition) is 3. The quantitative estimate of drug-likeness (QED) is 0.852. The van der Waals surface area contributed by atoms with Crippen LogP contribution in [0.2, 0.25) is 0 Å². The second-order valence-electron chi connectivity index (χ2n) is 5.56. The molecule has 0 fully saturated rings. The Hall–Kier alpha value is -2.32. The van der Waals surface area contributed by atoms with Crippen LogP contribution in [0.25, 0.3) is 0 Å². The molecule has 0 aliphatic carbocycles. The molecule has 0 saturated carbocycles. The van der Waals surface area contributed by atoms with Gasteiger partial charge in [-0.25, -0.2) is 17.2 Å². The highest BCUT2D eigenvalue weighted by atomic mass is 32.2. The van der Waals surface area contributed by atoms with E-state index in [0.717, 1.165) is 28.6 Å². The average molecular weight is 368 g/mol. The number of hydrogen-bond donors (Lipinski definition) is 1. The number of sulfonamides is 1. The smallest absolute Gasteiger partial charge is 0.243 e. The number of nitrogens with zero attached hydrogens (tertiary/aromatic N) is 1. The summed E-state index contributed by atoms with van der Waals surface area (Å²) in [6.45, 7) is 1.31. The molecule has 1 atom stereocenters. The summed E-state index contributed by atoms with van der Waals surface area (Å²) in [5.74, 6) is -1.44. The highest BCUT2D eigenvalue weighted by molar-refractivity contribution is 7.89. The molecule has 2 rings (SSSR count). The van der Waals surface area contributed by atoms with Gasteiger partial charge in [0.1, 0.15) is 11.6 Å². The van der Waals surface area contributed by atoms with Crippen LogP contribution in [0.3, 0.4) is 0 Å². The molecule has 134 valence electrons. The van der Waals surface area contributed by atoms with Crippen molar-refractivity contribution < 1.29 is 22.0 Å². The molecule has 8 heteroatoms. The first-order valence-corrected chi connectivity index (χ1v) is 8.91. The molecule has 2 aromatic rings. The van der Waals surface area contributed by atoms with Crippen LogP contribution in [0.15, 0.2) is 53.4 Å². The highest BCUT2D eigenvalue weighted by Crippen LogP contribution is 2.16. The number of nitrogens with one attached hydrogen (secondary N) is 1. The monoisotopic (exact) mass is 368 g/mol. The molecule has 0 aliphatic rings. The van der Waals surface area contributed by atoms with Gasteiger partial charge in [0, 0.05) is 7.05 Å². The summed E-state index contributed by atoms with van der Waals surface area (Å²) in [6, 6.07) is 9.59. The zero-order valence-electron chi connectivity index (χ0n) is 13.7. The topological polar surface area (TPSA) is 66.5 Å². The van der Waals surface area contributed by atoms with Gasteiger partial charge in [-0.1, -0.05) is 12.1 Å². The number of rotatable bonds is 6. The van der Waals surface area contributed by atoms with Gasteiger partial charge in [-0.05, 0) is 48.9 Å². The van der Waals surface area contributed by atoms with Gasteiger partial charge in [-0.2, -0.15) is 4.31 Å². The molecule has 1 amide bonds. The largest absolute Gasteiger partial charge is 0.348 e. The summed E-state index contributed by atoms with van der Waals surface area (Å²) in [5.41, 5.74) is 0.693. The van der Waals surface area contributed by atoms with E-state index in [0.29, 0.717) is 5.56 Å². The zero-order valence-corrected chi connectivity index (χ0v) is 14.6. The first kappa shape index (κ1) is 19.0. The van der Waals surface area contributed by atoms with Crippen molar-refractivity contribution in [2.45, 2.75) is 17.9 Å². The molecule has 0 aliphatic heterocycles. The summed E-state index contributed by atoms with van der Waals surface area (Å²) in [5, 5.41) is 2.65. The third kappa shape index (κ3) is 4.83. The molecule has 0 saturated heterocycles. The molecule has 25 heavy (non-hydrogen) atoms. The third-order valence-corrected chi connectivity index (χ3v) is 5.45. The standard InChI is InChI=1S/C17H18F2N2O3S/c1-12(13-3-5-14(18)6-4-13)20-17(22)11-21(2)25(23,24)16-9-7-15(19)8-10-16/h3-10,12H,11H2,1-2H3,(H,20,22)/t12-/m1/s1. The molecule has 0 heterocycles. The number of likely N-dealkylation sites (N-methyl/N-ethyl adjacent to an activating group) is 1. The first-order chi connectivity index (χ1) is 11.7. The van der Waals surface area contributed by atoms with Crippen LogP contribution in [0.4, 0.5) is 8.78 Å². The predicted octanol–water partition coefficient (Wildman–Crippen LogP) is 2.46. The molecule has 0 spiro atoms. The Kier molecular flexibility index (Phi) is 5.86. The van der Waals surface area contributed by atoms with Crippen LogP contribution in [0.1, 0.15) is 18.5 Å². The predicted molar refractivity (Wildman–Crippen MR) is 89.2 cm³/mol. The van der Waals surface area contributed by atoms with E-state index >= 15 is 0 Å². The second-order valence-corrected chi connectivity index (χ2v) is 7.60. The van der Waals surface area contributed by atoms with Crippen molar-refractivity contribution in [1.82, 2.24) is 9.62 Å². The van der Waals surface area contributed by atoms with E-state index in [4.69, 9.17) is 0 Å². The van der Waals surface area contributed by atoms with Gasteiger partial charge in [-0.15, -0.1) is 0 Å². The molecule has 1 N–H and O–H groups in total. The Bertz CT molecular complexity index is 837. The van der Waals surface area contributed by atoms with E-state index in [1.807, 2.05) is 0 Å². The van der Waals surface area contributed by atoms with Crippen molar-refractivity contribution in [2.75, 3.05) is 13.6 Å². The molecule has 0 aromatic heterocycles. The van der Waals surface area contributed by atoms with Gasteiger partial charge in [0.2, 0.25) is 15.9 Å². The minimum absolute atomic E-state index is 0.101. The van der Waals surface area contributed by atoms with E-state index in [1.165, 1.54) is 19.2 Å². The zero-order chi connectivity index (χ0) is 18.6. The van der Waals surface area contributed by atoms with Crippen molar-refractivity contribution >= 4 is 15.9 Å². The Morgan fingerprint density at radius 3 is 2.04 bits per heavy atom. The van der Waals surface area contributed by atoms with Crippen LogP contribution < -0.4 is 5.32 Å². The van der Waals surface area contributed by atoms with E-state index in [-0.39, 0.29) is 10.7 Å². The lowest BCUT2D eigenvalue weighted by molar-refractivity contribution is -0.121. The van der Waals surface area contributed by atoms with Crippen LogP contribution in [0, 0.1) is 11.6 Å². The van der Waals surface area contributed by atoms with Crippen LogP contribution >= 0.6 is 0 Å². The summed E-state index contributed by atoms with van der Waals surface area (Å²) in [4.78, 5) is 12.0. The first-order valence-electron chi connectivity index (χ1n) is 7.47. The van der Waals surface area contributed by atoms with Crippen molar-refractivity contribution in [3.05, 3.63) is 65.7 Å². The minimum Gasteiger partial charge on any atom is -0.348 e. The van der Waals surface area contributed by atoms with E-state index in [2.05, 4.69) is 5.32 Å². The van der Waals surface area contributed by atoms with Gasteiger partial charge < -0.3 is 5.32 Å². The Morgan fingerprint density at radius 2 is 1.52 bits per heavy atom. The molecule has 0 radical (unpaired) electrons. The summed E-state index contributed by atoms with van der Waals surface area (Å²) < 4.78 is 51.4. The SMILES string of the molecule is C[C@@H](NC(=O)CN(C)S(=O)(=O)c1ccc(F)cc1)c1ccc(F)cc1. The van der Waals surface area contributed by atoms with Gasteiger partial charge in [0.25, 0.3) is 0 Å². The number of amides is 1. The summed E-state index contributed by atoms with van der Waals surface area (Å²) in [7, 11) is -2.64. The lowest BCUT2D eigenvalue weighted by Crippen LogP contribution is -2.39. The molecule has 2 aromatic carbocycles. The maximum atomic E-state index is 12.9. The Balaban J connectivity index is 2.01. The van der Waals surface area contributed by atoms with E-state index in [9.17, 15) is 22.0 Å². The third-order valence-electron chi connectivity index (χ3n) is 3.64. The highest BCUT2D eigenvalue weighted by Gasteiger charge is 2.23. The molecule has 0 bridgehead atoms. The number of benzene rings is 2. The average Bonchev–Trinajstić information content (AvgIpc) is 2.55. The van der Waals surface area contributed by atoms with Gasteiger partial charge >= 0.3 is 0 Å². The van der Waals surface area contributed by atoms with E-state index < -0.39 is 34.3 Å². The molecule has 0 unspecified atom stereocenters. The van der Waals surface area contributed by atoms with Crippen LogP contribution in [-0.2, 0) is 14.8 Å². The normalized spacial score (nSPS) is 12.8. The number of carbonyl (C=O) groups is 1.